The van der Waals surface area contributed by atoms with Crippen molar-refractivity contribution in [2.75, 3.05) is 18.1 Å². The Balaban J connectivity index is 1.61. The van der Waals surface area contributed by atoms with Gasteiger partial charge in [-0.05, 0) is 56.0 Å². The Morgan fingerprint density at radius 2 is 2.13 bits per heavy atom. The Bertz CT molecular complexity index is 1170. The van der Waals surface area contributed by atoms with Crippen LogP contribution in [0.2, 0.25) is 0 Å². The van der Waals surface area contributed by atoms with Gasteiger partial charge in [-0.15, -0.1) is 11.3 Å². The highest BCUT2D eigenvalue weighted by atomic mass is 32.1. The molecule has 1 aliphatic rings. The number of carbonyl (C=O) groups is 1. The molecule has 0 radical (unpaired) electrons. The normalized spacial score (nSPS) is 12.5. The number of anilines is 1. The number of aryl methyl sites for hydroxylation is 2. The Labute approximate surface area is 178 Å². The Hall–Kier alpha value is -3.18. The van der Waals surface area contributed by atoms with E-state index in [1.165, 1.54) is 20.7 Å². The summed E-state index contributed by atoms with van der Waals surface area (Å²) in [5.74, 6) is 0.454. The molecule has 0 saturated carbocycles. The van der Waals surface area contributed by atoms with E-state index in [0.29, 0.717) is 23.4 Å². The van der Waals surface area contributed by atoms with Crippen molar-refractivity contribution >= 4 is 33.1 Å². The van der Waals surface area contributed by atoms with Gasteiger partial charge in [-0.25, -0.2) is 4.98 Å². The van der Waals surface area contributed by atoms with E-state index in [-0.39, 0.29) is 31.0 Å². The van der Waals surface area contributed by atoms with E-state index in [0.717, 1.165) is 29.7 Å². The number of aromatic nitrogens is 2. The topological polar surface area (TPSA) is 88.2 Å². The molecule has 30 heavy (non-hydrogen) atoms. The van der Waals surface area contributed by atoms with Crippen molar-refractivity contribution in [3.05, 3.63) is 51.4 Å². The van der Waals surface area contributed by atoms with Crippen LogP contribution in [0.1, 0.15) is 30.2 Å². The molecule has 0 bridgehead atoms. The third-order valence-electron chi connectivity index (χ3n) is 5.21. The minimum atomic E-state index is -0.260. The third kappa shape index (κ3) is 3.81. The Morgan fingerprint density at radius 3 is 2.87 bits per heavy atom. The van der Waals surface area contributed by atoms with Crippen LogP contribution in [0, 0.1) is 11.3 Å². The number of ether oxygens (including phenoxy) is 1. The first-order valence-electron chi connectivity index (χ1n) is 10.0. The average molecular weight is 423 g/mol. The molecule has 0 N–H and O–H groups in total. The van der Waals surface area contributed by atoms with Crippen LogP contribution in [-0.2, 0) is 24.2 Å². The smallest absolute Gasteiger partial charge is 0.262 e. The van der Waals surface area contributed by atoms with Gasteiger partial charge in [0, 0.05) is 17.1 Å². The van der Waals surface area contributed by atoms with Crippen molar-refractivity contribution in [3.8, 4) is 11.8 Å². The van der Waals surface area contributed by atoms with Crippen molar-refractivity contribution in [2.24, 2.45) is 0 Å². The van der Waals surface area contributed by atoms with Crippen LogP contribution in [0.4, 0.5) is 5.69 Å². The molecule has 3 aromatic rings. The predicted molar refractivity (Wildman–Crippen MR) is 116 cm³/mol. The van der Waals surface area contributed by atoms with Crippen molar-refractivity contribution in [3.63, 3.8) is 0 Å². The molecule has 0 spiro atoms. The van der Waals surface area contributed by atoms with Crippen LogP contribution < -0.4 is 15.2 Å². The molecule has 0 fully saturated rings. The summed E-state index contributed by atoms with van der Waals surface area (Å²) in [6, 6.07) is 9.24. The second kappa shape index (κ2) is 8.67. The lowest BCUT2D eigenvalue weighted by molar-refractivity contribution is -0.119. The summed E-state index contributed by atoms with van der Waals surface area (Å²) < 4.78 is 6.83. The van der Waals surface area contributed by atoms with E-state index in [1.54, 1.807) is 35.6 Å². The summed E-state index contributed by atoms with van der Waals surface area (Å²) >= 11 is 1.58. The number of amides is 1. The van der Waals surface area contributed by atoms with E-state index < -0.39 is 0 Å². The van der Waals surface area contributed by atoms with E-state index >= 15 is 0 Å². The monoisotopic (exact) mass is 422 g/mol. The quantitative estimate of drug-likeness (QED) is 0.583. The summed E-state index contributed by atoms with van der Waals surface area (Å²) in [6.07, 6.45) is 4.60. The summed E-state index contributed by atoms with van der Waals surface area (Å²) in [5, 5.41) is 9.66. The van der Waals surface area contributed by atoms with Crippen LogP contribution in [0.3, 0.4) is 0 Å². The number of carbonyl (C=O) groups excluding carboxylic acids is 1. The molecule has 7 nitrogen and oxygen atoms in total. The summed E-state index contributed by atoms with van der Waals surface area (Å²) in [7, 11) is 0. The highest BCUT2D eigenvalue weighted by molar-refractivity contribution is 7.18. The molecule has 2 aromatic heterocycles. The van der Waals surface area contributed by atoms with Crippen LogP contribution >= 0.6 is 11.3 Å². The molecule has 4 rings (SSSR count). The summed E-state index contributed by atoms with van der Waals surface area (Å²) in [5.41, 5.74) is 1.60. The fourth-order valence-corrected chi connectivity index (χ4v) is 5.03. The van der Waals surface area contributed by atoms with Gasteiger partial charge in [0.15, 0.2) is 0 Å². The maximum atomic E-state index is 13.1. The van der Waals surface area contributed by atoms with Gasteiger partial charge in [0.05, 0.1) is 30.8 Å². The van der Waals surface area contributed by atoms with Crippen LogP contribution in [0.15, 0.2) is 35.4 Å². The lowest BCUT2D eigenvalue weighted by atomic mass is 10.2. The van der Waals surface area contributed by atoms with E-state index in [1.807, 2.05) is 6.92 Å². The number of hydrogen-bond donors (Lipinski definition) is 0. The first kappa shape index (κ1) is 20.1. The molecule has 1 aromatic carbocycles. The van der Waals surface area contributed by atoms with E-state index in [2.05, 4.69) is 11.1 Å². The lowest BCUT2D eigenvalue weighted by Crippen LogP contribution is -2.37. The highest BCUT2D eigenvalue weighted by Crippen LogP contribution is 2.34. The van der Waals surface area contributed by atoms with Crippen molar-refractivity contribution in [1.29, 1.82) is 5.26 Å². The van der Waals surface area contributed by atoms with Gasteiger partial charge in [-0.2, -0.15) is 5.26 Å². The molecule has 0 saturated heterocycles. The zero-order valence-corrected chi connectivity index (χ0v) is 17.6. The minimum Gasteiger partial charge on any atom is -0.494 e. The summed E-state index contributed by atoms with van der Waals surface area (Å²) in [4.78, 5) is 34.1. The first-order valence-corrected chi connectivity index (χ1v) is 10.8. The van der Waals surface area contributed by atoms with Crippen molar-refractivity contribution in [2.45, 2.75) is 39.2 Å². The predicted octanol–water partition coefficient (Wildman–Crippen LogP) is 3.29. The van der Waals surface area contributed by atoms with Gasteiger partial charge in [0.2, 0.25) is 5.91 Å². The number of thiophene rings is 1. The molecular formula is C22H22N4O3S. The maximum absolute atomic E-state index is 13.1. The van der Waals surface area contributed by atoms with Gasteiger partial charge >= 0.3 is 0 Å². The van der Waals surface area contributed by atoms with Crippen molar-refractivity contribution < 1.29 is 9.53 Å². The number of rotatable bonds is 7. The zero-order valence-electron chi connectivity index (χ0n) is 16.8. The maximum Gasteiger partial charge on any atom is 0.262 e. The third-order valence-corrected chi connectivity index (χ3v) is 6.40. The van der Waals surface area contributed by atoms with Crippen LogP contribution in [-0.4, -0.2) is 28.6 Å². The van der Waals surface area contributed by atoms with Gasteiger partial charge in [0.1, 0.15) is 17.1 Å². The molecular weight excluding hydrogens is 400 g/mol. The first-order chi connectivity index (χ1) is 14.6. The number of nitriles is 1. The van der Waals surface area contributed by atoms with Gasteiger partial charge in [-0.1, -0.05) is 0 Å². The molecule has 0 aliphatic heterocycles. The number of benzene rings is 1. The number of fused-ring (bicyclic) bond motifs is 3. The van der Waals surface area contributed by atoms with Crippen LogP contribution in [0.25, 0.3) is 10.2 Å². The largest absolute Gasteiger partial charge is 0.494 e. The molecule has 154 valence electrons. The van der Waals surface area contributed by atoms with E-state index in [9.17, 15) is 9.59 Å². The summed E-state index contributed by atoms with van der Waals surface area (Å²) in [6.45, 7) is 2.59. The Kier molecular flexibility index (Phi) is 5.81. The average Bonchev–Trinajstić information content (AvgIpc) is 3.33. The standard InChI is InChI=1S/C22H22N4O3S/c1-2-29-16-9-7-15(8-10-16)26(12-4-11-23)19(27)13-25-14-24-21-20(22(25)28)17-5-3-6-18(17)30-21/h7-10,14H,2-6,12-13H2,1H3. The molecule has 1 amide bonds. The van der Waals surface area contributed by atoms with Crippen LogP contribution in [0.5, 0.6) is 5.75 Å². The van der Waals surface area contributed by atoms with Gasteiger partial charge < -0.3 is 9.64 Å². The van der Waals surface area contributed by atoms with E-state index in [4.69, 9.17) is 10.00 Å². The molecule has 0 unspecified atom stereocenters. The molecule has 1 aliphatic carbocycles. The SMILES string of the molecule is CCOc1ccc(N(CCC#N)C(=O)Cn2cnc3sc4c(c3c2=O)CCC4)cc1. The lowest BCUT2D eigenvalue weighted by Gasteiger charge is -2.22. The van der Waals surface area contributed by atoms with Gasteiger partial charge in [0.25, 0.3) is 5.56 Å². The molecule has 0 atom stereocenters. The molecule has 8 heteroatoms. The molecule has 2 heterocycles. The second-order valence-electron chi connectivity index (χ2n) is 7.10. The van der Waals surface area contributed by atoms with Crippen molar-refractivity contribution in [1.82, 2.24) is 9.55 Å². The minimum absolute atomic E-state index is 0.120. The fraction of sp³-hybridized carbons (Fsp3) is 0.364. The number of hydrogen-bond acceptors (Lipinski definition) is 6. The second-order valence-corrected chi connectivity index (χ2v) is 8.18. The van der Waals surface area contributed by atoms with Gasteiger partial charge in [-0.3, -0.25) is 14.2 Å². The highest BCUT2D eigenvalue weighted by Gasteiger charge is 2.23. The number of nitrogens with zero attached hydrogens (tertiary/aromatic N) is 4. The zero-order chi connectivity index (χ0) is 21.1. The Morgan fingerprint density at radius 1 is 1.33 bits per heavy atom. The fourth-order valence-electron chi connectivity index (χ4n) is 3.81.